The molecular formula is C35H44N8O2. The van der Waals surface area contributed by atoms with Crippen molar-refractivity contribution in [2.45, 2.75) is 58.2 Å². The van der Waals surface area contributed by atoms with Crippen molar-refractivity contribution >= 4 is 28.2 Å². The zero-order chi connectivity index (χ0) is 31.5. The molecule has 0 bridgehead atoms. The number of anilines is 2. The van der Waals surface area contributed by atoms with Crippen LogP contribution >= 0.6 is 0 Å². The van der Waals surface area contributed by atoms with Gasteiger partial charge in [-0.05, 0) is 57.7 Å². The van der Waals surface area contributed by atoms with Gasteiger partial charge in [-0.25, -0.2) is 6.57 Å². The van der Waals surface area contributed by atoms with E-state index in [1.165, 1.54) is 36.3 Å². The second-order valence-corrected chi connectivity index (χ2v) is 12.7. The molecule has 1 saturated carbocycles. The third kappa shape index (κ3) is 6.32. The van der Waals surface area contributed by atoms with Crippen molar-refractivity contribution in [2.24, 2.45) is 5.92 Å². The Morgan fingerprint density at radius 2 is 2.07 bits per heavy atom. The number of fused-ring (bicyclic) bond motifs is 2. The van der Waals surface area contributed by atoms with Gasteiger partial charge < -0.3 is 29.2 Å². The van der Waals surface area contributed by atoms with E-state index in [0.717, 1.165) is 53.6 Å². The predicted octanol–water partition coefficient (Wildman–Crippen LogP) is 4.52. The molecule has 45 heavy (non-hydrogen) atoms. The van der Waals surface area contributed by atoms with Crippen LogP contribution in [0.3, 0.4) is 0 Å². The number of amides is 1. The second-order valence-electron chi connectivity index (χ2n) is 12.7. The lowest BCUT2D eigenvalue weighted by Gasteiger charge is -2.41. The van der Waals surface area contributed by atoms with Crippen molar-refractivity contribution in [3.8, 4) is 6.01 Å². The van der Waals surface area contributed by atoms with Crippen LogP contribution in [-0.2, 0) is 17.8 Å². The summed E-state index contributed by atoms with van der Waals surface area (Å²) in [4.78, 5) is 39.5. The lowest BCUT2D eigenvalue weighted by Crippen LogP contribution is -2.56. The van der Waals surface area contributed by atoms with Gasteiger partial charge in [0.15, 0.2) is 0 Å². The Labute approximate surface area is 266 Å². The van der Waals surface area contributed by atoms with Crippen LogP contribution in [0.15, 0.2) is 43.2 Å². The molecule has 0 N–H and O–H groups in total. The van der Waals surface area contributed by atoms with Gasteiger partial charge in [-0.1, -0.05) is 31.2 Å². The highest BCUT2D eigenvalue weighted by Gasteiger charge is 2.35. The van der Waals surface area contributed by atoms with E-state index in [9.17, 15) is 4.79 Å². The van der Waals surface area contributed by atoms with Gasteiger partial charge in [-0.2, -0.15) is 9.97 Å². The van der Waals surface area contributed by atoms with Crippen LogP contribution in [0, 0.1) is 19.4 Å². The summed E-state index contributed by atoms with van der Waals surface area (Å²) >= 11 is 0. The van der Waals surface area contributed by atoms with Gasteiger partial charge >= 0.3 is 6.01 Å². The normalized spacial score (nSPS) is 19.2. The first-order chi connectivity index (χ1) is 21.9. The fourth-order valence-corrected chi connectivity index (χ4v) is 7.04. The first kappa shape index (κ1) is 30.8. The molecule has 0 spiro atoms. The predicted molar refractivity (Wildman–Crippen MR) is 178 cm³/mol. The summed E-state index contributed by atoms with van der Waals surface area (Å²) < 4.78 is 6.29. The van der Waals surface area contributed by atoms with Gasteiger partial charge in [0.1, 0.15) is 18.5 Å². The molecule has 10 heteroatoms. The Balaban J connectivity index is 1.29. The van der Waals surface area contributed by atoms with Gasteiger partial charge in [-0.3, -0.25) is 9.78 Å². The van der Waals surface area contributed by atoms with E-state index in [0.29, 0.717) is 44.8 Å². The van der Waals surface area contributed by atoms with Crippen LogP contribution in [0.4, 0.5) is 11.5 Å². The number of benzene rings is 1. The van der Waals surface area contributed by atoms with Crippen molar-refractivity contribution in [2.75, 3.05) is 62.7 Å². The minimum atomic E-state index is -0.233. The zero-order valence-corrected chi connectivity index (χ0v) is 26.8. The largest absolute Gasteiger partial charge is 0.462 e. The number of carbonyl (C=O) groups excluding carboxylic acids is 1. The Kier molecular flexibility index (Phi) is 9.17. The molecule has 0 unspecified atom stereocenters. The van der Waals surface area contributed by atoms with E-state index in [-0.39, 0.29) is 18.5 Å². The minimum absolute atomic E-state index is 0.132. The lowest BCUT2D eigenvalue weighted by atomic mass is 9.80. The van der Waals surface area contributed by atoms with Crippen LogP contribution in [0.5, 0.6) is 6.01 Å². The molecule has 2 aliphatic heterocycles. The van der Waals surface area contributed by atoms with E-state index in [1.54, 1.807) is 4.90 Å². The average molecular weight is 609 g/mol. The molecule has 1 saturated heterocycles. The molecule has 6 rings (SSSR count). The standard InChI is InChI=1S/C35H44N8O2/c1-6-32(44)43-16-15-42(22-28(43)20-36-4)34-29-13-14-41(31-21-37-19-27-12-7-9-24(2)33(27)31)23-30(29)38-35(39-34)45-18-17-40(5)25(3)26-10-8-11-26/h6-7,9,12,19,21,25-26,28H,1,8,10-11,13-18,20,22-23H2,2-3,5H3/t25-,28-/m0/s1. The Hall–Kier alpha value is -4.23. The molecule has 1 aliphatic carbocycles. The topological polar surface area (TPSA) is 82.3 Å². The van der Waals surface area contributed by atoms with E-state index in [1.807, 2.05) is 12.4 Å². The number of aromatic nitrogens is 3. The van der Waals surface area contributed by atoms with Crippen molar-refractivity contribution in [1.82, 2.24) is 24.8 Å². The van der Waals surface area contributed by atoms with Crippen LogP contribution in [-0.4, -0.2) is 95.7 Å². The number of nitrogens with zero attached hydrogens (tertiary/aromatic N) is 8. The molecule has 3 aromatic rings. The Morgan fingerprint density at radius 3 is 2.82 bits per heavy atom. The Bertz CT molecular complexity index is 1590. The number of likely N-dealkylation sites (N-methyl/N-ethyl adjacent to an activating group) is 1. The summed E-state index contributed by atoms with van der Waals surface area (Å²) in [6, 6.07) is 7.02. The number of aryl methyl sites for hydroxylation is 1. The molecule has 4 heterocycles. The number of ether oxygens (including phenoxy) is 1. The van der Waals surface area contributed by atoms with E-state index in [4.69, 9.17) is 21.3 Å². The van der Waals surface area contributed by atoms with E-state index >= 15 is 0 Å². The number of piperazine rings is 1. The molecule has 2 atom stereocenters. The fourth-order valence-electron chi connectivity index (χ4n) is 7.04. The molecule has 0 radical (unpaired) electrons. The lowest BCUT2D eigenvalue weighted by molar-refractivity contribution is -0.128. The van der Waals surface area contributed by atoms with Crippen LogP contribution in [0.2, 0.25) is 0 Å². The zero-order valence-electron chi connectivity index (χ0n) is 26.8. The quantitative estimate of drug-likeness (QED) is 0.246. The highest BCUT2D eigenvalue weighted by molar-refractivity contribution is 5.96. The minimum Gasteiger partial charge on any atom is -0.462 e. The molecule has 1 amide bonds. The summed E-state index contributed by atoms with van der Waals surface area (Å²) in [5.41, 5.74) is 4.40. The van der Waals surface area contributed by atoms with Crippen LogP contribution in [0.25, 0.3) is 15.6 Å². The summed E-state index contributed by atoms with van der Waals surface area (Å²) in [6.07, 6.45) is 9.96. The van der Waals surface area contributed by atoms with Crippen LogP contribution < -0.4 is 14.5 Å². The van der Waals surface area contributed by atoms with Crippen molar-refractivity contribution in [3.63, 3.8) is 0 Å². The van der Waals surface area contributed by atoms with E-state index < -0.39 is 0 Å². The van der Waals surface area contributed by atoms with Crippen LogP contribution in [0.1, 0.15) is 43.0 Å². The fraction of sp³-hybridized carbons (Fsp3) is 0.514. The molecule has 1 aromatic carbocycles. The maximum atomic E-state index is 12.6. The average Bonchev–Trinajstić information content (AvgIpc) is 3.03. The van der Waals surface area contributed by atoms with Gasteiger partial charge in [0.05, 0.1) is 24.1 Å². The van der Waals surface area contributed by atoms with Gasteiger partial charge in [0.25, 0.3) is 0 Å². The number of hydrogen-bond donors (Lipinski definition) is 0. The summed E-state index contributed by atoms with van der Waals surface area (Å²) in [6.45, 7) is 20.3. The molecule has 3 aliphatic rings. The molecule has 2 aromatic heterocycles. The summed E-state index contributed by atoms with van der Waals surface area (Å²) in [7, 11) is 2.17. The maximum Gasteiger partial charge on any atom is 0.318 e. The van der Waals surface area contributed by atoms with Gasteiger partial charge in [-0.15, -0.1) is 0 Å². The monoisotopic (exact) mass is 608 g/mol. The highest BCUT2D eigenvalue weighted by atomic mass is 16.5. The third-order valence-corrected chi connectivity index (χ3v) is 10.1. The van der Waals surface area contributed by atoms with Crippen molar-refractivity contribution in [3.05, 3.63) is 71.5 Å². The number of carbonyl (C=O) groups is 1. The SMILES string of the molecule is [C-]#[N+]C[C@H]1CN(c2nc(OCCN(C)[C@@H](C)C3CCC3)nc3c2CCN(c2cncc4cccc(C)c24)C3)CCN1C(=O)C=C. The smallest absolute Gasteiger partial charge is 0.318 e. The highest BCUT2D eigenvalue weighted by Crippen LogP contribution is 2.35. The molecule has 236 valence electrons. The maximum absolute atomic E-state index is 12.6. The van der Waals surface area contributed by atoms with Gasteiger partial charge in [0, 0.05) is 61.3 Å². The van der Waals surface area contributed by atoms with E-state index in [2.05, 4.69) is 70.2 Å². The summed E-state index contributed by atoms with van der Waals surface area (Å²) in [5.74, 6) is 1.50. The molecule has 2 fully saturated rings. The number of rotatable bonds is 10. The molecule has 10 nitrogen and oxygen atoms in total. The summed E-state index contributed by atoms with van der Waals surface area (Å²) in [5, 5.41) is 2.35. The van der Waals surface area contributed by atoms with Crippen molar-refractivity contribution < 1.29 is 9.53 Å². The molecular weight excluding hydrogens is 564 g/mol. The first-order valence-electron chi connectivity index (χ1n) is 16.2. The third-order valence-electron chi connectivity index (χ3n) is 10.1. The van der Waals surface area contributed by atoms with Crippen molar-refractivity contribution in [1.29, 1.82) is 0 Å². The van der Waals surface area contributed by atoms with Gasteiger partial charge in [0.2, 0.25) is 12.5 Å². The first-order valence-corrected chi connectivity index (χ1v) is 16.2. The number of hydrogen-bond acceptors (Lipinski definition) is 8. The number of pyridine rings is 1. The second kappa shape index (κ2) is 13.4. The Morgan fingerprint density at radius 1 is 1.22 bits per heavy atom.